The maximum Gasteiger partial charge on any atom is 0.410 e. The lowest BCUT2D eigenvalue weighted by Crippen LogP contribution is -2.41. The Bertz CT molecular complexity index is 602. The van der Waals surface area contributed by atoms with Gasteiger partial charge in [0, 0.05) is 18.6 Å². The summed E-state index contributed by atoms with van der Waals surface area (Å²) >= 11 is 0. The fourth-order valence-electron chi connectivity index (χ4n) is 2.32. The standard InChI is InChI=1S/C14H16N2O7/c1-22-13(18)12-6-11(17)7-15(12)14(19)23-8-9-2-4-10(5-3-9)16(20)21/h2-5,11-12,17H,6-8H2,1H3/t11-,12-/m1/s1. The molecule has 2 rings (SSSR count). The molecule has 0 aromatic heterocycles. The maximum absolute atomic E-state index is 12.0. The minimum Gasteiger partial charge on any atom is -0.467 e. The number of β-amino-alcohol motifs (C(OH)–C–C–N with tert-alkyl or cyclic N) is 1. The van der Waals surface area contributed by atoms with Crippen molar-refractivity contribution < 1.29 is 29.1 Å². The monoisotopic (exact) mass is 324 g/mol. The minimum atomic E-state index is -0.876. The smallest absolute Gasteiger partial charge is 0.410 e. The first-order valence-electron chi connectivity index (χ1n) is 6.85. The molecule has 0 spiro atoms. The van der Waals surface area contributed by atoms with Crippen LogP contribution in [0, 0.1) is 10.1 Å². The SMILES string of the molecule is COC(=O)[C@H]1C[C@@H](O)CN1C(=O)OCc1ccc([N+](=O)[O-])cc1. The second kappa shape index (κ2) is 7.05. The van der Waals surface area contributed by atoms with E-state index in [-0.39, 0.29) is 25.3 Å². The number of aliphatic hydroxyl groups excluding tert-OH is 1. The van der Waals surface area contributed by atoms with Gasteiger partial charge in [0.05, 0.1) is 24.7 Å². The number of likely N-dealkylation sites (tertiary alicyclic amines) is 1. The normalized spacial score (nSPS) is 20.2. The number of non-ortho nitro benzene ring substituents is 1. The Labute approximate surface area is 131 Å². The zero-order chi connectivity index (χ0) is 17.0. The van der Waals surface area contributed by atoms with Gasteiger partial charge in [0.15, 0.2) is 0 Å². The highest BCUT2D eigenvalue weighted by Gasteiger charge is 2.40. The van der Waals surface area contributed by atoms with Gasteiger partial charge in [-0.05, 0) is 17.7 Å². The van der Waals surface area contributed by atoms with Crippen LogP contribution in [0.3, 0.4) is 0 Å². The van der Waals surface area contributed by atoms with Crippen molar-refractivity contribution in [2.45, 2.75) is 25.2 Å². The third kappa shape index (κ3) is 3.95. The highest BCUT2D eigenvalue weighted by atomic mass is 16.6. The third-order valence-corrected chi connectivity index (χ3v) is 3.50. The number of methoxy groups -OCH3 is 1. The van der Waals surface area contributed by atoms with Gasteiger partial charge in [-0.25, -0.2) is 9.59 Å². The number of aliphatic hydroxyl groups is 1. The molecule has 1 aromatic carbocycles. The number of rotatable bonds is 4. The first kappa shape index (κ1) is 16.7. The first-order valence-corrected chi connectivity index (χ1v) is 6.85. The molecule has 0 saturated carbocycles. The van der Waals surface area contributed by atoms with E-state index in [9.17, 15) is 24.8 Å². The molecule has 124 valence electrons. The number of nitro benzene ring substituents is 1. The van der Waals surface area contributed by atoms with Crippen molar-refractivity contribution in [1.82, 2.24) is 4.90 Å². The van der Waals surface area contributed by atoms with E-state index in [1.54, 1.807) is 0 Å². The van der Waals surface area contributed by atoms with Crippen molar-refractivity contribution >= 4 is 17.7 Å². The summed E-state index contributed by atoms with van der Waals surface area (Å²) in [4.78, 5) is 34.8. The molecular weight excluding hydrogens is 308 g/mol. The molecular formula is C14H16N2O7. The van der Waals surface area contributed by atoms with Crippen molar-refractivity contribution in [3.63, 3.8) is 0 Å². The van der Waals surface area contributed by atoms with Gasteiger partial charge < -0.3 is 14.6 Å². The van der Waals surface area contributed by atoms with E-state index in [2.05, 4.69) is 4.74 Å². The lowest BCUT2D eigenvalue weighted by atomic mass is 10.2. The van der Waals surface area contributed by atoms with Crippen LogP contribution in [0.4, 0.5) is 10.5 Å². The molecule has 9 nitrogen and oxygen atoms in total. The van der Waals surface area contributed by atoms with E-state index in [0.29, 0.717) is 5.56 Å². The fourth-order valence-corrected chi connectivity index (χ4v) is 2.32. The molecule has 1 heterocycles. The fraction of sp³-hybridized carbons (Fsp3) is 0.429. The van der Waals surface area contributed by atoms with E-state index in [1.807, 2.05) is 0 Å². The Morgan fingerprint density at radius 1 is 1.39 bits per heavy atom. The van der Waals surface area contributed by atoms with Crippen molar-refractivity contribution in [2.24, 2.45) is 0 Å². The number of nitro groups is 1. The molecule has 0 aliphatic carbocycles. The van der Waals surface area contributed by atoms with Crippen molar-refractivity contribution in [1.29, 1.82) is 0 Å². The zero-order valence-electron chi connectivity index (χ0n) is 12.4. The molecule has 1 aliphatic rings. The van der Waals surface area contributed by atoms with Gasteiger partial charge in [-0.15, -0.1) is 0 Å². The average Bonchev–Trinajstić information content (AvgIpc) is 2.94. The van der Waals surface area contributed by atoms with Crippen LogP contribution < -0.4 is 0 Å². The van der Waals surface area contributed by atoms with Crippen LogP contribution in [-0.4, -0.2) is 52.8 Å². The van der Waals surface area contributed by atoms with Gasteiger partial charge >= 0.3 is 12.1 Å². The Balaban J connectivity index is 1.95. The van der Waals surface area contributed by atoms with Crippen LogP contribution >= 0.6 is 0 Å². The number of esters is 1. The Morgan fingerprint density at radius 2 is 2.04 bits per heavy atom. The van der Waals surface area contributed by atoms with E-state index in [0.717, 1.165) is 4.90 Å². The highest BCUT2D eigenvalue weighted by molar-refractivity contribution is 5.82. The number of amides is 1. The number of carbonyl (C=O) groups is 2. The molecule has 1 N–H and O–H groups in total. The number of ether oxygens (including phenoxy) is 2. The third-order valence-electron chi connectivity index (χ3n) is 3.50. The van der Waals surface area contributed by atoms with E-state index >= 15 is 0 Å². The van der Waals surface area contributed by atoms with Crippen LogP contribution in [0.2, 0.25) is 0 Å². The molecule has 1 saturated heterocycles. The predicted octanol–water partition coefficient (Wildman–Crippen LogP) is 0.840. The molecule has 2 atom stereocenters. The first-order chi connectivity index (χ1) is 10.9. The van der Waals surface area contributed by atoms with E-state index in [1.165, 1.54) is 31.4 Å². The summed E-state index contributed by atoms with van der Waals surface area (Å²) in [5.74, 6) is -0.617. The molecule has 1 fully saturated rings. The number of benzene rings is 1. The van der Waals surface area contributed by atoms with Crippen LogP contribution in [0.1, 0.15) is 12.0 Å². The van der Waals surface area contributed by atoms with Gasteiger partial charge in [0.1, 0.15) is 12.6 Å². The van der Waals surface area contributed by atoms with E-state index < -0.39 is 29.1 Å². The molecule has 1 aliphatic heterocycles. The molecule has 0 radical (unpaired) electrons. The van der Waals surface area contributed by atoms with Gasteiger partial charge in [0.25, 0.3) is 5.69 Å². The lowest BCUT2D eigenvalue weighted by Gasteiger charge is -2.21. The van der Waals surface area contributed by atoms with Gasteiger partial charge in [-0.1, -0.05) is 0 Å². The Kier molecular flexibility index (Phi) is 5.12. The van der Waals surface area contributed by atoms with Crippen molar-refractivity contribution in [2.75, 3.05) is 13.7 Å². The topological polar surface area (TPSA) is 119 Å². The summed E-state index contributed by atoms with van der Waals surface area (Å²) in [6.45, 7) is -0.115. The molecule has 0 unspecified atom stereocenters. The lowest BCUT2D eigenvalue weighted by molar-refractivity contribution is -0.384. The maximum atomic E-state index is 12.0. The summed E-state index contributed by atoms with van der Waals surface area (Å²) in [6.07, 6.45) is -1.47. The highest BCUT2D eigenvalue weighted by Crippen LogP contribution is 2.21. The number of hydrogen-bond acceptors (Lipinski definition) is 7. The Hall–Kier alpha value is -2.68. The van der Waals surface area contributed by atoms with E-state index in [4.69, 9.17) is 4.74 Å². The number of carbonyl (C=O) groups excluding carboxylic acids is 2. The summed E-state index contributed by atoms with van der Waals surface area (Å²) in [6, 6.07) is 4.68. The molecule has 0 bridgehead atoms. The van der Waals surface area contributed by atoms with Gasteiger partial charge in [-0.2, -0.15) is 0 Å². The van der Waals surface area contributed by atoms with Gasteiger partial charge in [-0.3, -0.25) is 15.0 Å². The predicted molar refractivity (Wildman–Crippen MR) is 76.4 cm³/mol. The molecule has 9 heteroatoms. The average molecular weight is 324 g/mol. The second-order valence-corrected chi connectivity index (χ2v) is 5.06. The number of hydrogen-bond donors (Lipinski definition) is 1. The molecule has 23 heavy (non-hydrogen) atoms. The summed E-state index contributed by atoms with van der Waals surface area (Å²) in [5.41, 5.74) is 0.506. The van der Waals surface area contributed by atoms with Crippen LogP contribution in [0.5, 0.6) is 0 Å². The van der Waals surface area contributed by atoms with Crippen LogP contribution in [0.15, 0.2) is 24.3 Å². The second-order valence-electron chi connectivity index (χ2n) is 5.06. The largest absolute Gasteiger partial charge is 0.467 e. The summed E-state index contributed by atoms with van der Waals surface area (Å²) in [5, 5.41) is 20.2. The zero-order valence-corrected chi connectivity index (χ0v) is 12.4. The quantitative estimate of drug-likeness (QED) is 0.495. The summed E-state index contributed by atoms with van der Waals surface area (Å²) in [7, 11) is 1.20. The minimum absolute atomic E-state index is 0.0150. The van der Waals surface area contributed by atoms with Crippen molar-refractivity contribution in [3.05, 3.63) is 39.9 Å². The summed E-state index contributed by atoms with van der Waals surface area (Å²) < 4.78 is 9.68. The Morgan fingerprint density at radius 3 is 2.61 bits per heavy atom. The molecule has 1 aromatic rings. The van der Waals surface area contributed by atoms with Crippen molar-refractivity contribution in [3.8, 4) is 0 Å². The number of nitrogens with zero attached hydrogens (tertiary/aromatic N) is 2. The molecule has 1 amide bonds. The van der Waals surface area contributed by atoms with Crippen LogP contribution in [0.25, 0.3) is 0 Å². The van der Waals surface area contributed by atoms with Crippen LogP contribution in [-0.2, 0) is 20.9 Å². The van der Waals surface area contributed by atoms with Gasteiger partial charge in [0.2, 0.25) is 0 Å².